The quantitative estimate of drug-likeness (QED) is 0.431. The van der Waals surface area contributed by atoms with Crippen molar-refractivity contribution in [3.05, 3.63) is 94.5 Å². The van der Waals surface area contributed by atoms with Crippen molar-refractivity contribution >= 4 is 17.9 Å². The Morgan fingerprint density at radius 2 is 1.25 bits per heavy atom. The van der Waals surface area contributed by atoms with E-state index in [1.54, 1.807) is 54.6 Å². The molecule has 3 rings (SSSR count). The molecule has 3 aromatic carbocycles. The van der Waals surface area contributed by atoms with E-state index in [0.717, 1.165) is 11.1 Å². The summed E-state index contributed by atoms with van der Waals surface area (Å²) in [6.45, 7) is 3.80. The number of esters is 2. The summed E-state index contributed by atoms with van der Waals surface area (Å²) in [6.07, 6.45) is 0.0105. The maximum Gasteiger partial charge on any atom is 0.343 e. The van der Waals surface area contributed by atoms with E-state index in [0.29, 0.717) is 16.7 Å². The van der Waals surface area contributed by atoms with Gasteiger partial charge in [0.15, 0.2) is 11.5 Å². The first kappa shape index (κ1) is 22.7. The maximum atomic E-state index is 12.6. The lowest BCUT2D eigenvalue weighted by Gasteiger charge is -2.14. The number of aryl methyl sites for hydroxylation is 2. The van der Waals surface area contributed by atoms with Gasteiger partial charge in [-0.25, -0.2) is 9.59 Å². The molecule has 0 fully saturated rings. The average Bonchev–Trinajstić information content (AvgIpc) is 2.76. The summed E-state index contributed by atoms with van der Waals surface area (Å²) in [6, 6.07) is 17.0. The van der Waals surface area contributed by atoms with Crippen molar-refractivity contribution in [2.45, 2.75) is 26.3 Å². The van der Waals surface area contributed by atoms with Crippen LogP contribution in [0.3, 0.4) is 0 Å². The van der Waals surface area contributed by atoms with Crippen LogP contribution < -0.4 is 15.2 Å². The Morgan fingerprint density at radius 1 is 0.781 bits per heavy atom. The van der Waals surface area contributed by atoms with Gasteiger partial charge in [0.25, 0.3) is 0 Å². The number of carbonyl (C=O) groups is 3. The molecule has 0 heterocycles. The van der Waals surface area contributed by atoms with Crippen LogP contribution in [0.4, 0.5) is 0 Å². The van der Waals surface area contributed by atoms with Gasteiger partial charge in [-0.15, -0.1) is 0 Å². The monoisotopic (exact) mass is 433 g/mol. The third kappa shape index (κ3) is 5.80. The number of carboxylic acid groups (broad SMARTS) is 1. The average molecular weight is 433 g/mol. The van der Waals surface area contributed by atoms with E-state index >= 15 is 0 Å². The molecule has 32 heavy (non-hydrogen) atoms. The predicted molar refractivity (Wildman–Crippen MR) is 118 cm³/mol. The Kier molecular flexibility index (Phi) is 7.02. The van der Waals surface area contributed by atoms with Crippen molar-refractivity contribution in [1.82, 2.24) is 0 Å². The molecule has 3 N–H and O–H groups in total. The van der Waals surface area contributed by atoms with Crippen molar-refractivity contribution in [3.63, 3.8) is 0 Å². The van der Waals surface area contributed by atoms with Gasteiger partial charge in [-0.3, -0.25) is 4.79 Å². The first-order valence-corrected chi connectivity index (χ1v) is 9.92. The number of aliphatic carboxylic acids is 1. The molecule has 0 spiro atoms. The zero-order chi connectivity index (χ0) is 23.3. The second-order valence-corrected chi connectivity index (χ2v) is 7.44. The fourth-order valence-electron chi connectivity index (χ4n) is 2.88. The van der Waals surface area contributed by atoms with Crippen LogP contribution in [-0.4, -0.2) is 29.1 Å². The van der Waals surface area contributed by atoms with Crippen LogP contribution in [-0.2, 0) is 11.2 Å². The van der Waals surface area contributed by atoms with E-state index < -0.39 is 23.9 Å². The summed E-state index contributed by atoms with van der Waals surface area (Å²) in [5, 5.41) is 9.07. The molecule has 0 radical (unpaired) electrons. The summed E-state index contributed by atoms with van der Waals surface area (Å²) in [5.41, 5.74) is 8.77. The SMILES string of the molecule is Cc1ccc(C(=O)Oc2ccc(CC(N)C(=O)O)cc2OC(=O)c2ccc(C)cc2)cc1. The van der Waals surface area contributed by atoms with Gasteiger partial charge >= 0.3 is 17.9 Å². The third-order valence-corrected chi connectivity index (χ3v) is 4.76. The van der Waals surface area contributed by atoms with E-state index in [4.69, 9.17) is 20.3 Å². The second kappa shape index (κ2) is 9.89. The molecule has 1 atom stereocenters. The van der Waals surface area contributed by atoms with Gasteiger partial charge in [-0.05, 0) is 62.2 Å². The molecule has 0 aromatic heterocycles. The topological polar surface area (TPSA) is 116 Å². The number of nitrogens with two attached hydrogens (primary N) is 1. The van der Waals surface area contributed by atoms with Crippen LogP contribution in [0.25, 0.3) is 0 Å². The second-order valence-electron chi connectivity index (χ2n) is 7.44. The van der Waals surface area contributed by atoms with Crippen LogP contribution in [0.5, 0.6) is 11.5 Å². The minimum atomic E-state index is -1.15. The van der Waals surface area contributed by atoms with Crippen molar-refractivity contribution in [2.24, 2.45) is 5.73 Å². The van der Waals surface area contributed by atoms with Gasteiger partial charge in [0.2, 0.25) is 0 Å². The zero-order valence-electron chi connectivity index (χ0n) is 17.7. The molecule has 0 aliphatic carbocycles. The first-order valence-electron chi connectivity index (χ1n) is 9.92. The lowest BCUT2D eigenvalue weighted by atomic mass is 10.1. The molecule has 3 aromatic rings. The number of rotatable bonds is 7. The van der Waals surface area contributed by atoms with Gasteiger partial charge < -0.3 is 20.3 Å². The van der Waals surface area contributed by atoms with E-state index in [1.807, 2.05) is 13.8 Å². The van der Waals surface area contributed by atoms with Crippen molar-refractivity contribution < 1.29 is 29.0 Å². The first-order chi connectivity index (χ1) is 15.2. The molecule has 0 aliphatic rings. The van der Waals surface area contributed by atoms with Gasteiger partial charge in [0.1, 0.15) is 6.04 Å². The molecular weight excluding hydrogens is 410 g/mol. The zero-order valence-corrected chi connectivity index (χ0v) is 17.7. The fourth-order valence-corrected chi connectivity index (χ4v) is 2.88. The highest BCUT2D eigenvalue weighted by Crippen LogP contribution is 2.30. The summed E-state index contributed by atoms with van der Waals surface area (Å²) in [5.74, 6) is -2.39. The number of hydrogen-bond acceptors (Lipinski definition) is 6. The normalized spacial score (nSPS) is 11.5. The Labute approximate surface area is 185 Å². The van der Waals surface area contributed by atoms with E-state index in [1.165, 1.54) is 12.1 Å². The standard InChI is InChI=1S/C25H23NO6/c1-15-3-8-18(9-4-15)24(29)31-21-12-7-17(13-20(26)23(27)28)14-22(21)32-25(30)19-10-5-16(2)6-11-19/h3-12,14,20H,13,26H2,1-2H3,(H,27,28). The highest BCUT2D eigenvalue weighted by atomic mass is 16.6. The van der Waals surface area contributed by atoms with Crippen molar-refractivity contribution in [1.29, 1.82) is 0 Å². The molecular formula is C25H23NO6. The summed E-state index contributed by atoms with van der Waals surface area (Å²) in [4.78, 5) is 36.3. The predicted octanol–water partition coefficient (Wildman–Crippen LogP) is 3.70. The summed E-state index contributed by atoms with van der Waals surface area (Å²) >= 11 is 0. The molecule has 0 aliphatic heterocycles. The number of carbonyl (C=O) groups excluding carboxylic acids is 2. The molecule has 0 bridgehead atoms. The molecule has 164 valence electrons. The minimum Gasteiger partial charge on any atom is -0.480 e. The van der Waals surface area contributed by atoms with Crippen LogP contribution in [0, 0.1) is 13.8 Å². The highest BCUT2D eigenvalue weighted by molar-refractivity contribution is 5.93. The number of hydrogen-bond donors (Lipinski definition) is 2. The summed E-state index contributed by atoms with van der Waals surface area (Å²) in [7, 11) is 0. The Morgan fingerprint density at radius 3 is 1.72 bits per heavy atom. The van der Waals surface area contributed by atoms with Crippen molar-refractivity contribution in [3.8, 4) is 11.5 Å². The van der Waals surface area contributed by atoms with Crippen LogP contribution in [0.1, 0.15) is 37.4 Å². The van der Waals surface area contributed by atoms with Crippen LogP contribution in [0.2, 0.25) is 0 Å². The minimum absolute atomic E-state index is 0.00822. The Balaban J connectivity index is 1.89. The van der Waals surface area contributed by atoms with Crippen molar-refractivity contribution in [2.75, 3.05) is 0 Å². The molecule has 0 amide bonds. The van der Waals surface area contributed by atoms with Crippen LogP contribution in [0.15, 0.2) is 66.7 Å². The van der Waals surface area contributed by atoms with E-state index in [9.17, 15) is 14.4 Å². The number of benzene rings is 3. The summed E-state index contributed by atoms with van der Waals surface area (Å²) < 4.78 is 11.0. The lowest BCUT2D eigenvalue weighted by Crippen LogP contribution is -2.32. The lowest BCUT2D eigenvalue weighted by molar-refractivity contribution is -0.138. The third-order valence-electron chi connectivity index (χ3n) is 4.76. The maximum absolute atomic E-state index is 12.6. The van der Waals surface area contributed by atoms with E-state index in [-0.39, 0.29) is 17.9 Å². The Hall–Kier alpha value is -3.97. The highest BCUT2D eigenvalue weighted by Gasteiger charge is 2.19. The largest absolute Gasteiger partial charge is 0.480 e. The Bertz CT molecular complexity index is 1140. The molecule has 0 saturated carbocycles. The molecule has 0 saturated heterocycles. The molecule has 7 nitrogen and oxygen atoms in total. The fraction of sp³-hybridized carbons (Fsp3) is 0.160. The van der Waals surface area contributed by atoms with Gasteiger partial charge in [-0.1, -0.05) is 41.5 Å². The number of carboxylic acids is 1. The van der Waals surface area contributed by atoms with Gasteiger partial charge in [0.05, 0.1) is 11.1 Å². The number of ether oxygens (including phenoxy) is 2. The van der Waals surface area contributed by atoms with Crippen LogP contribution >= 0.6 is 0 Å². The van der Waals surface area contributed by atoms with Gasteiger partial charge in [0, 0.05) is 0 Å². The molecule has 7 heteroatoms. The molecule has 1 unspecified atom stereocenters. The smallest absolute Gasteiger partial charge is 0.343 e. The van der Waals surface area contributed by atoms with E-state index in [2.05, 4.69) is 0 Å². The van der Waals surface area contributed by atoms with Gasteiger partial charge in [-0.2, -0.15) is 0 Å².